The molecule has 140 valence electrons. The van der Waals surface area contributed by atoms with Crippen LogP contribution in [0.4, 0.5) is 11.4 Å². The fourth-order valence-corrected chi connectivity index (χ4v) is 2.89. The lowest BCUT2D eigenvalue weighted by Gasteiger charge is -2.17. The topological polar surface area (TPSA) is 87.2 Å². The van der Waals surface area contributed by atoms with Crippen molar-refractivity contribution in [2.45, 2.75) is 20.4 Å². The molecule has 0 aliphatic rings. The number of anilines is 2. The van der Waals surface area contributed by atoms with Crippen LogP contribution in [0.25, 0.3) is 10.9 Å². The fourth-order valence-electron chi connectivity index (χ4n) is 2.89. The first-order valence-electron chi connectivity index (χ1n) is 8.84. The van der Waals surface area contributed by atoms with Gasteiger partial charge in [0.25, 0.3) is 11.5 Å². The van der Waals surface area contributed by atoms with Crippen molar-refractivity contribution < 1.29 is 4.79 Å². The van der Waals surface area contributed by atoms with Gasteiger partial charge in [0.1, 0.15) is 0 Å². The van der Waals surface area contributed by atoms with Gasteiger partial charge in [-0.2, -0.15) is 0 Å². The van der Waals surface area contributed by atoms with Crippen molar-refractivity contribution in [1.29, 1.82) is 0 Å². The molecule has 0 spiro atoms. The molecule has 2 N–H and O–H groups in total. The molecule has 7 heteroatoms. The largest absolute Gasteiger partial charge is 0.375 e. The molecule has 1 amide bonds. The number of rotatable bonds is 5. The van der Waals surface area contributed by atoms with E-state index in [0.717, 1.165) is 16.8 Å². The van der Waals surface area contributed by atoms with Crippen LogP contribution in [0.5, 0.6) is 0 Å². The second-order valence-corrected chi connectivity index (χ2v) is 6.26. The van der Waals surface area contributed by atoms with Gasteiger partial charge in [0.15, 0.2) is 0 Å². The first-order chi connectivity index (χ1) is 12.9. The number of carbonyl (C=O) groups is 1. The van der Waals surface area contributed by atoms with Crippen LogP contribution in [0.2, 0.25) is 0 Å². The highest BCUT2D eigenvalue weighted by molar-refractivity contribution is 6.06. The zero-order valence-corrected chi connectivity index (χ0v) is 15.6. The Labute approximate surface area is 156 Å². The normalized spacial score (nSPS) is 10.8. The third-order valence-electron chi connectivity index (χ3n) is 4.58. The molecule has 0 atom stereocenters. The number of aromatic amines is 1. The molecule has 7 nitrogen and oxygen atoms in total. The van der Waals surface area contributed by atoms with Crippen LogP contribution < -0.4 is 21.5 Å². The first kappa shape index (κ1) is 18.4. The lowest BCUT2D eigenvalue weighted by Crippen LogP contribution is -2.34. The number of carbonyl (C=O) groups excluding carboxylic acids is 1. The number of aromatic nitrogens is 2. The Hall–Kier alpha value is -3.35. The molecule has 3 aromatic rings. The van der Waals surface area contributed by atoms with Crippen molar-refractivity contribution in [2.75, 3.05) is 23.8 Å². The van der Waals surface area contributed by atoms with Gasteiger partial charge in [0.2, 0.25) is 0 Å². The predicted octanol–water partition coefficient (Wildman–Crippen LogP) is 2.42. The maximum atomic E-state index is 12.6. The van der Waals surface area contributed by atoms with Crippen molar-refractivity contribution >= 4 is 28.2 Å². The number of nitrogens with zero attached hydrogens (tertiary/aromatic N) is 2. The van der Waals surface area contributed by atoms with Crippen molar-refractivity contribution in [2.24, 2.45) is 0 Å². The van der Waals surface area contributed by atoms with Crippen molar-refractivity contribution in [3.05, 3.63) is 68.9 Å². The highest BCUT2D eigenvalue weighted by Gasteiger charge is 2.11. The Bertz CT molecular complexity index is 1110. The number of H-pyrrole nitrogens is 1. The van der Waals surface area contributed by atoms with Gasteiger partial charge in [-0.05, 0) is 50.2 Å². The summed E-state index contributed by atoms with van der Waals surface area (Å²) in [6.07, 6.45) is 0. The molecular formula is C20H22N4O3. The summed E-state index contributed by atoms with van der Waals surface area (Å²) in [5.41, 5.74) is 1.54. The predicted molar refractivity (Wildman–Crippen MR) is 108 cm³/mol. The Morgan fingerprint density at radius 3 is 2.63 bits per heavy atom. The van der Waals surface area contributed by atoms with E-state index in [1.165, 1.54) is 6.07 Å². The molecule has 2 aromatic carbocycles. The average molecular weight is 366 g/mol. The van der Waals surface area contributed by atoms with Crippen LogP contribution in [0.1, 0.15) is 24.2 Å². The van der Waals surface area contributed by atoms with E-state index in [-0.39, 0.29) is 18.0 Å². The van der Waals surface area contributed by atoms with Gasteiger partial charge in [-0.15, -0.1) is 0 Å². The van der Waals surface area contributed by atoms with Crippen molar-refractivity contribution in [1.82, 2.24) is 9.55 Å². The van der Waals surface area contributed by atoms with Crippen LogP contribution in [0, 0.1) is 0 Å². The van der Waals surface area contributed by atoms with Crippen LogP contribution in [-0.2, 0) is 6.54 Å². The number of fused-ring (bicyclic) bond motifs is 1. The molecule has 0 aliphatic carbocycles. The molecular weight excluding hydrogens is 344 g/mol. The molecule has 0 aliphatic heterocycles. The second-order valence-electron chi connectivity index (χ2n) is 6.26. The molecule has 0 radical (unpaired) electrons. The Morgan fingerprint density at radius 2 is 1.93 bits per heavy atom. The third kappa shape index (κ3) is 3.62. The van der Waals surface area contributed by atoms with Gasteiger partial charge in [-0.3, -0.25) is 14.2 Å². The summed E-state index contributed by atoms with van der Waals surface area (Å²) >= 11 is 0. The summed E-state index contributed by atoms with van der Waals surface area (Å²) < 4.78 is 1.12. The van der Waals surface area contributed by atoms with E-state index in [2.05, 4.69) is 15.2 Å². The van der Waals surface area contributed by atoms with Crippen molar-refractivity contribution in [3.63, 3.8) is 0 Å². The lowest BCUT2D eigenvalue weighted by molar-refractivity contribution is 0.102. The van der Waals surface area contributed by atoms with Gasteiger partial charge in [0.05, 0.1) is 10.9 Å². The van der Waals surface area contributed by atoms with E-state index in [9.17, 15) is 14.4 Å². The quantitative estimate of drug-likeness (QED) is 0.726. The minimum Gasteiger partial charge on any atom is -0.375 e. The van der Waals surface area contributed by atoms with E-state index < -0.39 is 5.69 Å². The summed E-state index contributed by atoms with van der Waals surface area (Å²) in [4.78, 5) is 41.6. The highest BCUT2D eigenvalue weighted by Crippen LogP contribution is 2.19. The van der Waals surface area contributed by atoms with E-state index >= 15 is 0 Å². The average Bonchev–Trinajstić information content (AvgIpc) is 2.67. The van der Waals surface area contributed by atoms with Gasteiger partial charge in [-0.25, -0.2) is 4.79 Å². The Morgan fingerprint density at radius 1 is 1.15 bits per heavy atom. The van der Waals surface area contributed by atoms with E-state index in [4.69, 9.17) is 0 Å². The lowest BCUT2D eigenvalue weighted by atomic mass is 10.1. The maximum Gasteiger partial charge on any atom is 0.328 e. The van der Waals surface area contributed by atoms with Gasteiger partial charge < -0.3 is 15.2 Å². The molecule has 1 heterocycles. The summed E-state index contributed by atoms with van der Waals surface area (Å²) in [6.45, 7) is 4.92. The van der Waals surface area contributed by atoms with Crippen LogP contribution in [0.3, 0.4) is 0 Å². The zero-order valence-electron chi connectivity index (χ0n) is 15.6. The Balaban J connectivity index is 1.93. The third-order valence-corrected chi connectivity index (χ3v) is 4.58. The second kappa shape index (κ2) is 7.49. The summed E-state index contributed by atoms with van der Waals surface area (Å²) in [6, 6.07) is 12.2. The first-order valence-corrected chi connectivity index (χ1v) is 8.84. The smallest absolute Gasteiger partial charge is 0.328 e. The molecule has 0 saturated carbocycles. The molecule has 0 saturated heterocycles. The standard InChI is InChI=1S/C20H22N4O3/c1-4-23(3)15-8-6-7-14(12-15)21-18(25)13-9-10-16-17(11-13)22-20(27)24(5-2)19(16)26/h6-12H,4-5H2,1-3H3,(H,21,25)(H,22,27). The van der Waals surface area contributed by atoms with E-state index in [1.54, 1.807) is 19.1 Å². The number of benzene rings is 2. The minimum atomic E-state index is -0.483. The van der Waals surface area contributed by atoms with Crippen LogP contribution in [0.15, 0.2) is 52.1 Å². The molecule has 3 rings (SSSR count). The minimum absolute atomic E-state index is 0.287. The van der Waals surface area contributed by atoms with Gasteiger partial charge >= 0.3 is 5.69 Å². The van der Waals surface area contributed by atoms with Crippen LogP contribution in [-0.4, -0.2) is 29.1 Å². The highest BCUT2D eigenvalue weighted by atomic mass is 16.2. The molecule has 27 heavy (non-hydrogen) atoms. The summed E-state index contributed by atoms with van der Waals surface area (Å²) in [7, 11) is 1.98. The fraction of sp³-hybridized carbons (Fsp3) is 0.250. The van der Waals surface area contributed by atoms with E-state index in [0.29, 0.717) is 22.2 Å². The number of amides is 1. The van der Waals surface area contributed by atoms with Gasteiger partial charge in [0, 0.05) is 37.1 Å². The number of hydrogen-bond acceptors (Lipinski definition) is 4. The molecule has 0 bridgehead atoms. The van der Waals surface area contributed by atoms with Crippen molar-refractivity contribution in [3.8, 4) is 0 Å². The number of hydrogen-bond donors (Lipinski definition) is 2. The monoisotopic (exact) mass is 366 g/mol. The van der Waals surface area contributed by atoms with Gasteiger partial charge in [-0.1, -0.05) is 6.07 Å². The molecule has 1 aromatic heterocycles. The zero-order chi connectivity index (χ0) is 19.6. The Kier molecular flexibility index (Phi) is 5.12. The maximum absolute atomic E-state index is 12.6. The SMILES string of the molecule is CCN(C)c1cccc(NC(=O)c2ccc3c(=O)n(CC)c(=O)[nH]c3c2)c1. The molecule has 0 fully saturated rings. The van der Waals surface area contributed by atoms with E-state index in [1.807, 2.05) is 38.2 Å². The summed E-state index contributed by atoms with van der Waals surface area (Å²) in [5, 5.41) is 3.23. The summed E-state index contributed by atoms with van der Waals surface area (Å²) in [5.74, 6) is -0.311. The number of nitrogens with one attached hydrogen (secondary N) is 2. The molecule has 0 unspecified atom stereocenters. The van der Waals surface area contributed by atoms with Crippen LogP contribution >= 0.6 is 0 Å².